The van der Waals surface area contributed by atoms with E-state index in [-0.39, 0.29) is 24.4 Å². The third-order valence-corrected chi connectivity index (χ3v) is 4.28. The quantitative estimate of drug-likeness (QED) is 0.881. The first kappa shape index (κ1) is 15.2. The number of rotatable bonds is 3. The van der Waals surface area contributed by atoms with Gasteiger partial charge in [-0.2, -0.15) is 5.10 Å². The first-order valence-electron chi connectivity index (χ1n) is 7.27. The van der Waals surface area contributed by atoms with Crippen LogP contribution in [0.4, 0.5) is 0 Å². The van der Waals surface area contributed by atoms with Crippen molar-refractivity contribution in [2.24, 2.45) is 0 Å². The van der Waals surface area contributed by atoms with E-state index in [0.29, 0.717) is 18.8 Å². The number of carboxylic acid groups (broad SMARTS) is 1. The summed E-state index contributed by atoms with van der Waals surface area (Å²) in [6.07, 6.45) is 3.91. The van der Waals surface area contributed by atoms with Crippen LogP contribution in [0.3, 0.4) is 0 Å². The molecule has 0 unspecified atom stereocenters. The molecule has 23 heavy (non-hydrogen) atoms. The summed E-state index contributed by atoms with van der Waals surface area (Å²) in [7, 11) is 0. The van der Waals surface area contributed by atoms with Gasteiger partial charge >= 0.3 is 5.97 Å². The predicted molar refractivity (Wildman–Crippen MR) is 76.7 cm³/mol. The molecule has 3 rings (SSSR count). The van der Waals surface area contributed by atoms with E-state index in [1.807, 2.05) is 6.92 Å². The molecule has 0 aliphatic carbocycles. The summed E-state index contributed by atoms with van der Waals surface area (Å²) in [5.41, 5.74) is 0.367. The minimum absolute atomic E-state index is 0.169. The number of hydrogen-bond donors (Lipinski definition) is 1. The van der Waals surface area contributed by atoms with Crippen molar-refractivity contribution in [1.29, 1.82) is 0 Å². The Bertz CT molecular complexity index is 742. The summed E-state index contributed by atoms with van der Waals surface area (Å²) in [6.45, 7) is 4.10. The molecule has 0 radical (unpaired) electrons. The van der Waals surface area contributed by atoms with Gasteiger partial charge in [-0.1, -0.05) is 5.16 Å². The van der Waals surface area contributed by atoms with Gasteiger partial charge in [0.05, 0.1) is 6.20 Å². The lowest BCUT2D eigenvalue weighted by Crippen LogP contribution is -2.52. The zero-order chi connectivity index (χ0) is 16.6. The summed E-state index contributed by atoms with van der Waals surface area (Å²) < 4.78 is 6.05. The summed E-state index contributed by atoms with van der Waals surface area (Å²) >= 11 is 0. The Hall–Kier alpha value is -2.71. The summed E-state index contributed by atoms with van der Waals surface area (Å²) in [4.78, 5) is 25.8. The van der Waals surface area contributed by atoms with E-state index >= 15 is 0 Å². The second-order valence-corrected chi connectivity index (χ2v) is 5.79. The first-order valence-corrected chi connectivity index (χ1v) is 7.27. The largest absolute Gasteiger partial charge is 0.479 e. The molecule has 1 aliphatic heterocycles. The molecule has 2 aromatic heterocycles. The Labute approximate surface area is 131 Å². The highest BCUT2D eigenvalue weighted by atomic mass is 16.6. The van der Waals surface area contributed by atoms with Gasteiger partial charge < -0.3 is 10.0 Å². The van der Waals surface area contributed by atoms with Crippen LogP contribution in [0.5, 0.6) is 0 Å². The molecular formula is C14H17N5O4. The molecule has 122 valence electrons. The number of likely N-dealkylation sites (tertiary alicyclic amines) is 1. The van der Waals surface area contributed by atoms with Crippen molar-refractivity contribution in [1.82, 2.24) is 25.0 Å². The third kappa shape index (κ3) is 2.47. The minimum Gasteiger partial charge on any atom is -0.479 e. The lowest BCUT2D eigenvalue weighted by atomic mass is 9.87. The van der Waals surface area contributed by atoms with Crippen molar-refractivity contribution in [2.75, 3.05) is 13.1 Å². The molecule has 9 nitrogen and oxygen atoms in total. The van der Waals surface area contributed by atoms with Gasteiger partial charge in [-0.05, 0) is 24.6 Å². The van der Waals surface area contributed by atoms with Crippen molar-refractivity contribution in [3.63, 3.8) is 0 Å². The zero-order valence-corrected chi connectivity index (χ0v) is 12.9. The SMILES string of the molecule is Cc1cnn(C2(C(=O)O)CCN(C(=O)c3nonc3C)CC2)c1. The van der Waals surface area contributed by atoms with E-state index in [4.69, 9.17) is 0 Å². The molecule has 9 heteroatoms. The van der Waals surface area contributed by atoms with E-state index in [2.05, 4.69) is 20.0 Å². The monoisotopic (exact) mass is 319 g/mol. The number of amides is 1. The van der Waals surface area contributed by atoms with E-state index in [1.165, 1.54) is 4.68 Å². The topological polar surface area (TPSA) is 114 Å². The lowest BCUT2D eigenvalue weighted by molar-refractivity contribution is -0.150. The molecule has 1 amide bonds. The molecule has 1 saturated heterocycles. The van der Waals surface area contributed by atoms with Crippen LogP contribution in [-0.2, 0) is 10.3 Å². The third-order valence-electron chi connectivity index (χ3n) is 4.28. The Kier molecular flexibility index (Phi) is 3.63. The van der Waals surface area contributed by atoms with Crippen LogP contribution in [0.1, 0.15) is 34.6 Å². The van der Waals surface area contributed by atoms with Crippen LogP contribution in [0.2, 0.25) is 0 Å². The van der Waals surface area contributed by atoms with Crippen LogP contribution >= 0.6 is 0 Å². The smallest absolute Gasteiger partial charge is 0.331 e. The normalized spacial score (nSPS) is 17.2. The average Bonchev–Trinajstić information content (AvgIpc) is 3.15. The number of aryl methyl sites for hydroxylation is 2. The number of nitrogens with zero attached hydrogens (tertiary/aromatic N) is 5. The summed E-state index contributed by atoms with van der Waals surface area (Å²) in [5.74, 6) is -1.23. The average molecular weight is 319 g/mol. The molecule has 1 aliphatic rings. The van der Waals surface area contributed by atoms with Crippen LogP contribution in [0, 0.1) is 13.8 Å². The van der Waals surface area contributed by atoms with Gasteiger partial charge in [0.1, 0.15) is 5.69 Å². The number of carbonyl (C=O) groups is 2. The van der Waals surface area contributed by atoms with Gasteiger partial charge in [0.2, 0.25) is 0 Å². The second kappa shape index (κ2) is 5.49. The zero-order valence-electron chi connectivity index (χ0n) is 12.9. The number of piperidine rings is 1. The van der Waals surface area contributed by atoms with E-state index in [9.17, 15) is 14.7 Å². The van der Waals surface area contributed by atoms with Gasteiger partial charge in [0.15, 0.2) is 11.2 Å². The first-order chi connectivity index (χ1) is 10.9. The molecule has 2 aromatic rings. The fourth-order valence-electron chi connectivity index (χ4n) is 2.84. The van der Waals surface area contributed by atoms with Gasteiger partial charge in [0.25, 0.3) is 5.91 Å². The molecular weight excluding hydrogens is 302 g/mol. The van der Waals surface area contributed by atoms with E-state index in [1.54, 1.807) is 24.2 Å². The van der Waals surface area contributed by atoms with E-state index < -0.39 is 11.5 Å². The predicted octanol–water partition coefficient (Wildman–Crippen LogP) is 0.599. The highest BCUT2D eigenvalue weighted by Gasteiger charge is 2.45. The summed E-state index contributed by atoms with van der Waals surface area (Å²) in [6, 6.07) is 0. The maximum atomic E-state index is 12.4. The number of carboxylic acids is 1. The molecule has 0 atom stereocenters. The molecule has 1 N–H and O–H groups in total. The fourth-order valence-corrected chi connectivity index (χ4v) is 2.84. The number of carbonyl (C=O) groups excluding carboxylic acids is 1. The van der Waals surface area contributed by atoms with Crippen molar-refractivity contribution in [3.8, 4) is 0 Å². The van der Waals surface area contributed by atoms with Crippen molar-refractivity contribution < 1.29 is 19.3 Å². The Balaban J connectivity index is 1.79. The van der Waals surface area contributed by atoms with Crippen LogP contribution in [0.15, 0.2) is 17.0 Å². The van der Waals surface area contributed by atoms with E-state index in [0.717, 1.165) is 5.56 Å². The minimum atomic E-state index is -1.12. The lowest BCUT2D eigenvalue weighted by Gasteiger charge is -2.38. The maximum Gasteiger partial charge on any atom is 0.331 e. The van der Waals surface area contributed by atoms with Gasteiger partial charge in [0, 0.05) is 32.1 Å². The van der Waals surface area contributed by atoms with Crippen molar-refractivity contribution in [3.05, 3.63) is 29.3 Å². The Morgan fingerprint density at radius 1 is 1.26 bits per heavy atom. The highest BCUT2D eigenvalue weighted by Crippen LogP contribution is 2.31. The molecule has 0 spiro atoms. The number of aromatic nitrogens is 4. The molecule has 0 bridgehead atoms. The van der Waals surface area contributed by atoms with Gasteiger partial charge in [-0.15, -0.1) is 0 Å². The van der Waals surface area contributed by atoms with Crippen LogP contribution < -0.4 is 0 Å². The summed E-state index contributed by atoms with van der Waals surface area (Å²) in [5, 5.41) is 21.1. The Morgan fingerprint density at radius 3 is 2.43 bits per heavy atom. The van der Waals surface area contributed by atoms with Gasteiger partial charge in [-0.25, -0.2) is 9.42 Å². The van der Waals surface area contributed by atoms with Crippen molar-refractivity contribution >= 4 is 11.9 Å². The highest BCUT2D eigenvalue weighted by molar-refractivity contribution is 5.93. The van der Waals surface area contributed by atoms with Gasteiger partial charge in [-0.3, -0.25) is 9.48 Å². The number of aliphatic carboxylic acids is 1. The number of hydrogen-bond acceptors (Lipinski definition) is 6. The Morgan fingerprint density at radius 2 is 1.96 bits per heavy atom. The second-order valence-electron chi connectivity index (χ2n) is 5.79. The molecule has 3 heterocycles. The maximum absolute atomic E-state index is 12.4. The van der Waals surface area contributed by atoms with Crippen LogP contribution in [0.25, 0.3) is 0 Å². The van der Waals surface area contributed by atoms with Crippen LogP contribution in [-0.4, -0.2) is 55.1 Å². The molecule has 0 aromatic carbocycles. The fraction of sp³-hybridized carbons (Fsp3) is 0.500. The molecule has 0 saturated carbocycles. The van der Waals surface area contributed by atoms with Crippen molar-refractivity contribution in [2.45, 2.75) is 32.2 Å². The standard InChI is InChI=1S/C14H17N5O4/c1-9-7-15-19(8-9)14(13(21)22)3-5-18(6-4-14)12(20)11-10(2)16-23-17-11/h7-8H,3-6H2,1-2H3,(H,21,22). The molecule has 1 fully saturated rings.